The lowest BCUT2D eigenvalue weighted by Crippen LogP contribution is -2.70. The van der Waals surface area contributed by atoms with Crippen LogP contribution in [0.1, 0.15) is 6.92 Å². The van der Waals surface area contributed by atoms with E-state index in [2.05, 4.69) is 17.2 Å². The third-order valence-electron chi connectivity index (χ3n) is 3.80. The SMILES string of the molecule is C#CCN(CC#C)C(=O)C1=C(COC(C)=O)CSC2C(NC=O)C(=O)N12. The third-order valence-corrected chi connectivity index (χ3v) is 5.14. The Morgan fingerprint density at radius 1 is 1.42 bits per heavy atom. The molecule has 0 bridgehead atoms. The van der Waals surface area contributed by atoms with Crippen molar-refractivity contribution >= 4 is 36.0 Å². The Kier molecular flexibility index (Phi) is 6.31. The van der Waals surface area contributed by atoms with Crippen molar-refractivity contribution < 1.29 is 23.9 Å². The molecular formula is C17H17N3O5S. The number of ether oxygens (including phenoxy) is 1. The highest BCUT2D eigenvalue weighted by Crippen LogP contribution is 2.40. The highest BCUT2D eigenvalue weighted by Gasteiger charge is 2.53. The topological polar surface area (TPSA) is 96.0 Å². The van der Waals surface area contributed by atoms with Crippen LogP contribution in [-0.2, 0) is 23.9 Å². The summed E-state index contributed by atoms with van der Waals surface area (Å²) in [5.41, 5.74) is 0.595. The van der Waals surface area contributed by atoms with Crippen LogP contribution in [0.3, 0.4) is 0 Å². The summed E-state index contributed by atoms with van der Waals surface area (Å²) in [4.78, 5) is 49.8. The van der Waals surface area contributed by atoms with Gasteiger partial charge in [-0.05, 0) is 0 Å². The minimum atomic E-state index is -0.704. The second kappa shape index (κ2) is 8.45. The molecule has 0 aliphatic carbocycles. The molecule has 3 amide bonds. The number of β-lactam (4-membered cyclic amide) rings is 1. The predicted molar refractivity (Wildman–Crippen MR) is 94.0 cm³/mol. The van der Waals surface area contributed by atoms with Crippen molar-refractivity contribution in [1.82, 2.24) is 15.1 Å². The van der Waals surface area contributed by atoms with E-state index in [-0.39, 0.29) is 25.4 Å². The largest absolute Gasteiger partial charge is 0.461 e. The zero-order valence-corrected chi connectivity index (χ0v) is 14.9. The summed E-state index contributed by atoms with van der Waals surface area (Å²) in [7, 11) is 0. The van der Waals surface area contributed by atoms with Crippen LogP contribution < -0.4 is 5.32 Å². The molecular weight excluding hydrogens is 358 g/mol. The molecule has 2 heterocycles. The van der Waals surface area contributed by atoms with Crippen molar-refractivity contribution in [3.05, 3.63) is 11.3 Å². The summed E-state index contributed by atoms with van der Waals surface area (Å²) >= 11 is 1.37. The van der Waals surface area contributed by atoms with Gasteiger partial charge >= 0.3 is 5.97 Å². The fourth-order valence-electron chi connectivity index (χ4n) is 2.65. The van der Waals surface area contributed by atoms with E-state index >= 15 is 0 Å². The molecule has 0 aromatic carbocycles. The molecule has 2 unspecified atom stereocenters. The van der Waals surface area contributed by atoms with Gasteiger partial charge in [-0.2, -0.15) is 0 Å². The number of hydrogen-bond donors (Lipinski definition) is 1. The van der Waals surface area contributed by atoms with Gasteiger partial charge in [0, 0.05) is 18.2 Å². The maximum atomic E-state index is 13.0. The van der Waals surface area contributed by atoms with Crippen LogP contribution in [0.15, 0.2) is 11.3 Å². The smallest absolute Gasteiger partial charge is 0.302 e. The number of amides is 3. The summed E-state index contributed by atoms with van der Waals surface area (Å²) in [6.45, 7) is 1.08. The molecule has 2 atom stereocenters. The molecule has 1 N–H and O–H groups in total. The number of terminal acetylenes is 2. The number of carbonyl (C=O) groups is 4. The number of hydrogen-bond acceptors (Lipinski definition) is 6. The molecule has 0 aromatic rings. The predicted octanol–water partition coefficient (Wildman–Crippen LogP) is -1.07. The van der Waals surface area contributed by atoms with Crippen LogP contribution in [0.5, 0.6) is 0 Å². The minimum absolute atomic E-state index is 0.0246. The fourth-order valence-corrected chi connectivity index (χ4v) is 3.98. The molecule has 0 radical (unpaired) electrons. The Morgan fingerprint density at radius 3 is 2.62 bits per heavy atom. The zero-order chi connectivity index (χ0) is 19.3. The summed E-state index contributed by atoms with van der Waals surface area (Å²) in [5.74, 6) is 3.64. The fraction of sp³-hybridized carbons (Fsp3) is 0.412. The molecule has 26 heavy (non-hydrogen) atoms. The van der Waals surface area contributed by atoms with Crippen molar-refractivity contribution in [3.63, 3.8) is 0 Å². The highest BCUT2D eigenvalue weighted by molar-refractivity contribution is 8.00. The highest BCUT2D eigenvalue weighted by atomic mass is 32.2. The van der Waals surface area contributed by atoms with Gasteiger partial charge in [0.25, 0.3) is 11.8 Å². The number of nitrogens with zero attached hydrogens (tertiary/aromatic N) is 2. The molecule has 9 heteroatoms. The zero-order valence-electron chi connectivity index (χ0n) is 14.1. The summed E-state index contributed by atoms with van der Waals surface area (Å²) < 4.78 is 5.01. The Labute approximate surface area is 155 Å². The number of fused-ring (bicyclic) bond motifs is 1. The Morgan fingerprint density at radius 2 is 2.08 bits per heavy atom. The minimum Gasteiger partial charge on any atom is -0.461 e. The van der Waals surface area contributed by atoms with E-state index < -0.39 is 29.2 Å². The van der Waals surface area contributed by atoms with E-state index in [0.29, 0.717) is 17.7 Å². The average Bonchev–Trinajstić information content (AvgIpc) is 2.62. The lowest BCUT2D eigenvalue weighted by molar-refractivity contribution is -0.148. The molecule has 1 saturated heterocycles. The van der Waals surface area contributed by atoms with Crippen molar-refractivity contribution in [2.75, 3.05) is 25.4 Å². The van der Waals surface area contributed by atoms with Crippen molar-refractivity contribution in [1.29, 1.82) is 0 Å². The van der Waals surface area contributed by atoms with E-state index in [1.165, 1.54) is 28.5 Å². The lowest BCUT2D eigenvalue weighted by atomic mass is 10.0. The van der Waals surface area contributed by atoms with Gasteiger partial charge in [-0.15, -0.1) is 24.6 Å². The number of carbonyl (C=O) groups excluding carboxylic acids is 4. The van der Waals surface area contributed by atoms with Gasteiger partial charge in [0.05, 0.1) is 13.1 Å². The number of nitrogens with one attached hydrogen (secondary N) is 1. The molecule has 0 saturated carbocycles. The number of rotatable bonds is 7. The summed E-state index contributed by atoms with van der Waals surface area (Å²) in [6, 6.07) is -0.704. The van der Waals surface area contributed by atoms with E-state index in [4.69, 9.17) is 17.6 Å². The lowest BCUT2D eigenvalue weighted by Gasteiger charge is -2.50. The van der Waals surface area contributed by atoms with Gasteiger partial charge in [0.2, 0.25) is 6.41 Å². The normalized spacial score (nSPS) is 20.9. The Hall–Kier alpha value is -2.91. The van der Waals surface area contributed by atoms with Gasteiger partial charge < -0.3 is 15.0 Å². The van der Waals surface area contributed by atoms with Gasteiger partial charge in [-0.25, -0.2) is 0 Å². The van der Waals surface area contributed by atoms with Crippen LogP contribution in [0.25, 0.3) is 0 Å². The van der Waals surface area contributed by atoms with Crippen LogP contribution in [0, 0.1) is 24.7 Å². The molecule has 0 spiro atoms. The maximum Gasteiger partial charge on any atom is 0.302 e. The molecule has 8 nitrogen and oxygen atoms in total. The first-order valence-electron chi connectivity index (χ1n) is 7.62. The standard InChI is InChI=1S/C17H17N3O5S/c1-4-6-19(7-5-2)16(24)14-12(8-25-11(3)22)9-26-17-13(18-10-21)15(23)20(14)17/h1-2,10,13,17H,6-9H2,3H3,(H,18,21). The molecule has 136 valence electrons. The summed E-state index contributed by atoms with van der Waals surface area (Å²) in [5, 5.41) is 2.03. The first-order chi connectivity index (χ1) is 12.5. The first kappa shape index (κ1) is 19.4. The van der Waals surface area contributed by atoms with E-state index in [9.17, 15) is 19.2 Å². The van der Waals surface area contributed by atoms with Gasteiger partial charge in [0.1, 0.15) is 23.7 Å². The summed E-state index contributed by atoms with van der Waals surface area (Å²) in [6.07, 6.45) is 11.0. The van der Waals surface area contributed by atoms with Gasteiger partial charge in [-0.1, -0.05) is 11.8 Å². The second-order valence-electron chi connectivity index (χ2n) is 5.47. The van der Waals surface area contributed by atoms with E-state index in [1.54, 1.807) is 0 Å². The molecule has 1 fully saturated rings. The number of esters is 1. The molecule has 2 rings (SSSR count). The molecule has 2 aliphatic rings. The Balaban J connectivity index is 2.38. The van der Waals surface area contributed by atoms with Crippen molar-refractivity contribution in [2.24, 2.45) is 0 Å². The van der Waals surface area contributed by atoms with Crippen LogP contribution >= 0.6 is 11.8 Å². The van der Waals surface area contributed by atoms with Gasteiger partial charge in [0.15, 0.2) is 0 Å². The van der Waals surface area contributed by atoms with Crippen LogP contribution in [0.4, 0.5) is 0 Å². The van der Waals surface area contributed by atoms with Crippen LogP contribution in [-0.4, -0.2) is 70.9 Å². The van der Waals surface area contributed by atoms with Crippen molar-refractivity contribution in [3.8, 4) is 24.7 Å². The Bertz CT molecular complexity index is 732. The average molecular weight is 375 g/mol. The second-order valence-corrected chi connectivity index (χ2v) is 6.58. The van der Waals surface area contributed by atoms with Gasteiger partial charge in [-0.3, -0.25) is 24.1 Å². The van der Waals surface area contributed by atoms with E-state index in [0.717, 1.165) is 0 Å². The first-order valence-corrected chi connectivity index (χ1v) is 8.67. The molecule has 0 aromatic heterocycles. The van der Waals surface area contributed by atoms with Crippen LogP contribution in [0.2, 0.25) is 0 Å². The monoisotopic (exact) mass is 375 g/mol. The van der Waals surface area contributed by atoms with E-state index in [1.807, 2.05) is 0 Å². The molecule has 2 aliphatic heterocycles. The van der Waals surface area contributed by atoms with Crippen molar-refractivity contribution in [2.45, 2.75) is 18.3 Å². The quantitative estimate of drug-likeness (QED) is 0.263. The maximum absolute atomic E-state index is 13.0. The number of thioether (sulfide) groups is 1. The third kappa shape index (κ3) is 3.68.